The molecule has 0 aromatic heterocycles. The largest absolute Gasteiger partial charge is 0.496 e. The summed E-state index contributed by atoms with van der Waals surface area (Å²) in [6, 6.07) is 11.9. The van der Waals surface area contributed by atoms with Crippen LogP contribution in [0.5, 0.6) is 5.75 Å². The van der Waals surface area contributed by atoms with Crippen LogP contribution in [0, 0.1) is 18.3 Å². The first-order valence-electron chi connectivity index (χ1n) is 6.21. The molecule has 0 spiro atoms. The minimum absolute atomic E-state index is 0.315. The average molecular weight is 301 g/mol. The lowest BCUT2D eigenvalue weighted by molar-refractivity contribution is 0.102. The molecule has 4 nitrogen and oxygen atoms in total. The Bertz CT molecular complexity index is 736. The zero-order chi connectivity index (χ0) is 15.4. The second-order valence-corrected chi connectivity index (χ2v) is 4.85. The van der Waals surface area contributed by atoms with Gasteiger partial charge in [-0.1, -0.05) is 17.7 Å². The quantitative estimate of drug-likeness (QED) is 0.938. The van der Waals surface area contributed by atoms with E-state index in [0.717, 1.165) is 5.56 Å². The van der Waals surface area contributed by atoms with Crippen LogP contribution in [-0.2, 0) is 0 Å². The maximum atomic E-state index is 12.2. The Hall–Kier alpha value is -2.51. The highest BCUT2D eigenvalue weighted by Crippen LogP contribution is 2.24. The van der Waals surface area contributed by atoms with E-state index in [1.165, 1.54) is 6.07 Å². The fraction of sp³-hybridized carbons (Fsp3) is 0.125. The van der Waals surface area contributed by atoms with Crippen molar-refractivity contribution < 1.29 is 9.53 Å². The maximum absolute atomic E-state index is 12.2. The lowest BCUT2D eigenvalue weighted by Crippen LogP contribution is -2.12. The van der Waals surface area contributed by atoms with Gasteiger partial charge in [-0.05, 0) is 42.8 Å². The molecule has 0 aliphatic heterocycles. The number of aryl methyl sites for hydroxylation is 1. The number of methoxy groups -OCH3 is 1. The van der Waals surface area contributed by atoms with Crippen molar-refractivity contribution in [2.24, 2.45) is 0 Å². The molecule has 0 radical (unpaired) electrons. The Labute approximate surface area is 127 Å². The number of carbonyl (C=O) groups is 1. The molecule has 0 heterocycles. The highest BCUT2D eigenvalue weighted by Gasteiger charge is 2.11. The lowest BCUT2D eigenvalue weighted by atomic mass is 10.1. The number of rotatable bonds is 3. The average Bonchev–Trinajstić information content (AvgIpc) is 2.49. The van der Waals surface area contributed by atoms with Crippen LogP contribution in [-0.4, -0.2) is 13.0 Å². The number of ether oxygens (including phenoxy) is 1. The smallest absolute Gasteiger partial charge is 0.255 e. The van der Waals surface area contributed by atoms with Gasteiger partial charge in [-0.3, -0.25) is 4.79 Å². The van der Waals surface area contributed by atoms with Crippen molar-refractivity contribution in [1.29, 1.82) is 5.26 Å². The Morgan fingerprint density at radius 2 is 2.05 bits per heavy atom. The molecule has 2 aromatic carbocycles. The molecular weight excluding hydrogens is 288 g/mol. The van der Waals surface area contributed by atoms with Crippen molar-refractivity contribution in [3.63, 3.8) is 0 Å². The van der Waals surface area contributed by atoms with Crippen molar-refractivity contribution in [1.82, 2.24) is 0 Å². The Morgan fingerprint density at radius 3 is 2.71 bits per heavy atom. The fourth-order valence-electron chi connectivity index (χ4n) is 1.85. The molecular formula is C16H13ClN2O2. The van der Waals surface area contributed by atoms with E-state index in [0.29, 0.717) is 27.6 Å². The van der Waals surface area contributed by atoms with E-state index in [-0.39, 0.29) is 5.91 Å². The van der Waals surface area contributed by atoms with E-state index in [2.05, 4.69) is 5.32 Å². The van der Waals surface area contributed by atoms with Gasteiger partial charge in [0, 0.05) is 5.56 Å². The summed E-state index contributed by atoms with van der Waals surface area (Å²) >= 11 is 6.02. The van der Waals surface area contributed by atoms with Gasteiger partial charge in [-0.2, -0.15) is 5.26 Å². The molecule has 0 saturated heterocycles. The summed E-state index contributed by atoms with van der Waals surface area (Å²) < 4.78 is 5.20. The van der Waals surface area contributed by atoms with Crippen LogP contribution in [0.1, 0.15) is 21.5 Å². The molecule has 0 bridgehead atoms. The van der Waals surface area contributed by atoms with Gasteiger partial charge in [0.2, 0.25) is 0 Å². The van der Waals surface area contributed by atoms with Crippen LogP contribution in [0.4, 0.5) is 5.69 Å². The van der Waals surface area contributed by atoms with E-state index in [1.54, 1.807) is 37.4 Å². The van der Waals surface area contributed by atoms with Gasteiger partial charge in [0.25, 0.3) is 5.91 Å². The predicted molar refractivity (Wildman–Crippen MR) is 81.9 cm³/mol. The van der Waals surface area contributed by atoms with Crippen molar-refractivity contribution in [2.75, 3.05) is 12.4 Å². The van der Waals surface area contributed by atoms with Gasteiger partial charge in [0.05, 0.1) is 29.5 Å². The van der Waals surface area contributed by atoms with Crippen LogP contribution in [0.25, 0.3) is 0 Å². The van der Waals surface area contributed by atoms with Crippen molar-refractivity contribution in [3.05, 3.63) is 58.1 Å². The molecule has 5 heteroatoms. The Kier molecular flexibility index (Phi) is 4.46. The third kappa shape index (κ3) is 3.33. The number of hydrogen-bond acceptors (Lipinski definition) is 3. The van der Waals surface area contributed by atoms with Crippen LogP contribution in [0.2, 0.25) is 5.02 Å². The highest BCUT2D eigenvalue weighted by atomic mass is 35.5. The zero-order valence-corrected chi connectivity index (χ0v) is 12.4. The topological polar surface area (TPSA) is 62.1 Å². The number of nitrogens with zero attached hydrogens (tertiary/aromatic N) is 1. The van der Waals surface area contributed by atoms with Crippen LogP contribution >= 0.6 is 11.6 Å². The van der Waals surface area contributed by atoms with E-state index in [4.69, 9.17) is 21.6 Å². The molecule has 106 valence electrons. The van der Waals surface area contributed by atoms with E-state index in [9.17, 15) is 4.79 Å². The van der Waals surface area contributed by atoms with Gasteiger partial charge in [-0.25, -0.2) is 0 Å². The molecule has 0 aliphatic carbocycles. The van der Waals surface area contributed by atoms with Crippen molar-refractivity contribution >= 4 is 23.2 Å². The lowest BCUT2D eigenvalue weighted by Gasteiger charge is -2.10. The van der Waals surface area contributed by atoms with E-state index < -0.39 is 0 Å². The first kappa shape index (κ1) is 14.9. The Balaban J connectivity index is 2.28. The first-order chi connectivity index (χ1) is 10.0. The summed E-state index contributed by atoms with van der Waals surface area (Å²) in [5.41, 5.74) is 2.23. The predicted octanol–water partition coefficient (Wildman–Crippen LogP) is 3.78. The standard InChI is InChI=1S/C16H13ClN2O2/c1-10-3-5-12(8-15(10)21-2)16(20)19-14-7-11(9-18)4-6-13(14)17/h3-8H,1-2H3,(H,19,20). The normalized spacial score (nSPS) is 9.81. The van der Waals surface area contributed by atoms with Gasteiger partial charge >= 0.3 is 0 Å². The fourth-order valence-corrected chi connectivity index (χ4v) is 2.01. The molecule has 1 amide bonds. The van der Waals surface area contributed by atoms with Gasteiger partial charge < -0.3 is 10.1 Å². The second kappa shape index (κ2) is 6.29. The monoisotopic (exact) mass is 300 g/mol. The van der Waals surface area contributed by atoms with Gasteiger partial charge in [0.15, 0.2) is 0 Å². The molecule has 0 saturated carbocycles. The number of carbonyl (C=O) groups excluding carboxylic acids is 1. The van der Waals surface area contributed by atoms with Gasteiger partial charge in [-0.15, -0.1) is 0 Å². The molecule has 0 unspecified atom stereocenters. The summed E-state index contributed by atoms with van der Waals surface area (Å²) in [6.07, 6.45) is 0. The zero-order valence-electron chi connectivity index (χ0n) is 11.6. The molecule has 2 aromatic rings. The number of amides is 1. The number of anilines is 1. The molecule has 2 rings (SSSR count). The van der Waals surface area contributed by atoms with Gasteiger partial charge in [0.1, 0.15) is 5.75 Å². The second-order valence-electron chi connectivity index (χ2n) is 4.44. The van der Waals surface area contributed by atoms with Crippen LogP contribution in [0.15, 0.2) is 36.4 Å². The minimum atomic E-state index is -0.315. The van der Waals surface area contributed by atoms with E-state index in [1.807, 2.05) is 13.0 Å². The number of hydrogen-bond donors (Lipinski definition) is 1. The summed E-state index contributed by atoms with van der Waals surface area (Å²) in [4.78, 5) is 12.2. The summed E-state index contributed by atoms with van der Waals surface area (Å²) in [7, 11) is 1.55. The SMILES string of the molecule is COc1cc(C(=O)Nc2cc(C#N)ccc2Cl)ccc1C. The summed E-state index contributed by atoms with van der Waals surface area (Å²) in [6.45, 7) is 1.90. The van der Waals surface area contributed by atoms with Crippen LogP contribution in [0.3, 0.4) is 0 Å². The number of halogens is 1. The minimum Gasteiger partial charge on any atom is -0.496 e. The number of benzene rings is 2. The molecule has 0 fully saturated rings. The first-order valence-corrected chi connectivity index (χ1v) is 6.58. The van der Waals surface area contributed by atoms with Crippen molar-refractivity contribution in [2.45, 2.75) is 6.92 Å². The molecule has 0 aliphatic rings. The molecule has 1 N–H and O–H groups in total. The molecule has 21 heavy (non-hydrogen) atoms. The highest BCUT2D eigenvalue weighted by molar-refractivity contribution is 6.34. The maximum Gasteiger partial charge on any atom is 0.255 e. The number of nitrogens with one attached hydrogen (secondary N) is 1. The Morgan fingerprint density at radius 1 is 1.29 bits per heavy atom. The van der Waals surface area contributed by atoms with Crippen LogP contribution < -0.4 is 10.1 Å². The third-order valence-corrected chi connectivity index (χ3v) is 3.34. The summed E-state index contributed by atoms with van der Waals surface area (Å²) in [5.74, 6) is 0.324. The van der Waals surface area contributed by atoms with Crippen molar-refractivity contribution in [3.8, 4) is 11.8 Å². The number of nitriles is 1. The van der Waals surface area contributed by atoms with E-state index >= 15 is 0 Å². The summed E-state index contributed by atoms with van der Waals surface area (Å²) in [5, 5.41) is 12.0. The third-order valence-electron chi connectivity index (χ3n) is 3.01. The molecule has 0 atom stereocenters.